The molecule has 0 aromatic heterocycles. The molecule has 9 heteroatoms. The minimum atomic E-state index is -1.20. The van der Waals surface area contributed by atoms with Crippen LogP contribution in [0.15, 0.2) is 42.5 Å². The van der Waals surface area contributed by atoms with Gasteiger partial charge in [0.1, 0.15) is 23.6 Å². The van der Waals surface area contributed by atoms with E-state index in [1.807, 2.05) is 0 Å². The number of rotatable bonds is 9. The molecule has 2 aromatic carbocycles. The smallest absolute Gasteiger partial charge is 0.320 e. The van der Waals surface area contributed by atoms with Gasteiger partial charge in [0.05, 0.1) is 0 Å². The molecular weight excluding hydrogens is 410 g/mol. The molecule has 0 saturated carbocycles. The van der Waals surface area contributed by atoms with Crippen molar-refractivity contribution in [2.45, 2.75) is 32.2 Å². The van der Waals surface area contributed by atoms with Gasteiger partial charge in [-0.3, -0.25) is 14.4 Å². The number of carboxylic acid groups (broad SMARTS) is 2. The van der Waals surface area contributed by atoms with E-state index in [9.17, 15) is 23.2 Å². The number of ketones is 1. The summed E-state index contributed by atoms with van der Waals surface area (Å²) in [6.07, 6.45) is 2.16. The molecule has 7 nitrogen and oxygen atoms in total. The van der Waals surface area contributed by atoms with Crippen LogP contribution < -0.4 is 11.5 Å². The lowest BCUT2D eigenvalue weighted by Crippen LogP contribution is -2.29. The van der Waals surface area contributed by atoms with E-state index in [4.69, 9.17) is 21.7 Å². The highest BCUT2D eigenvalue weighted by Gasteiger charge is 2.22. The summed E-state index contributed by atoms with van der Waals surface area (Å²) in [5.74, 6) is -5.16. The Labute approximate surface area is 178 Å². The summed E-state index contributed by atoms with van der Waals surface area (Å²) in [7, 11) is 0. The van der Waals surface area contributed by atoms with E-state index in [0.717, 1.165) is 25.0 Å². The van der Waals surface area contributed by atoms with Gasteiger partial charge in [0, 0.05) is 17.2 Å². The van der Waals surface area contributed by atoms with Crippen LogP contribution in [-0.2, 0) is 9.59 Å². The Bertz CT molecular complexity index is 903. The van der Waals surface area contributed by atoms with E-state index in [2.05, 4.69) is 0 Å². The normalized spacial score (nSPS) is 12.3. The third-order valence-electron chi connectivity index (χ3n) is 4.46. The maximum Gasteiger partial charge on any atom is 0.320 e. The Kier molecular flexibility index (Phi) is 10.4. The van der Waals surface area contributed by atoms with E-state index in [1.54, 1.807) is 0 Å². The van der Waals surface area contributed by atoms with Gasteiger partial charge in [-0.2, -0.15) is 0 Å². The van der Waals surface area contributed by atoms with Crippen molar-refractivity contribution in [3.8, 4) is 11.1 Å². The quantitative estimate of drug-likeness (QED) is 0.269. The van der Waals surface area contributed by atoms with Gasteiger partial charge in [-0.05, 0) is 44.0 Å². The third-order valence-corrected chi connectivity index (χ3v) is 4.46. The molecule has 0 fully saturated rings. The minimum Gasteiger partial charge on any atom is -0.481 e. The average molecular weight is 436 g/mol. The van der Waals surface area contributed by atoms with Crippen molar-refractivity contribution < 1.29 is 33.4 Å². The summed E-state index contributed by atoms with van der Waals surface area (Å²) < 4.78 is 26.5. The van der Waals surface area contributed by atoms with Crippen molar-refractivity contribution in [3.05, 3.63) is 59.7 Å². The molecule has 0 aliphatic rings. The highest BCUT2D eigenvalue weighted by atomic mass is 19.1. The molecule has 2 aromatic rings. The summed E-state index contributed by atoms with van der Waals surface area (Å²) in [6.45, 7) is 1.91. The maximum atomic E-state index is 13.6. The van der Waals surface area contributed by atoms with Crippen molar-refractivity contribution in [3.63, 3.8) is 0 Å². The first-order valence-corrected chi connectivity index (χ1v) is 9.59. The highest BCUT2D eigenvalue weighted by molar-refractivity contribution is 6.08. The Morgan fingerprint density at radius 1 is 0.968 bits per heavy atom. The highest BCUT2D eigenvalue weighted by Crippen LogP contribution is 2.24. The fourth-order valence-corrected chi connectivity index (χ4v) is 2.53. The zero-order chi connectivity index (χ0) is 23.6. The first-order valence-electron chi connectivity index (χ1n) is 9.59. The Morgan fingerprint density at radius 2 is 1.58 bits per heavy atom. The van der Waals surface area contributed by atoms with Crippen molar-refractivity contribution in [1.29, 1.82) is 0 Å². The van der Waals surface area contributed by atoms with Crippen LogP contribution in [0.2, 0.25) is 0 Å². The number of hydrogen-bond donors (Lipinski definition) is 4. The summed E-state index contributed by atoms with van der Waals surface area (Å²) in [6, 6.07) is 8.37. The number of carboxylic acids is 2. The number of unbranched alkanes of at least 4 members (excludes halogenated alkanes) is 1. The van der Waals surface area contributed by atoms with Gasteiger partial charge >= 0.3 is 11.9 Å². The molecule has 0 spiro atoms. The number of halogens is 2. The van der Waals surface area contributed by atoms with Crippen LogP contribution >= 0.6 is 0 Å². The molecule has 1 unspecified atom stereocenters. The van der Waals surface area contributed by atoms with Crippen molar-refractivity contribution in [2.24, 2.45) is 17.4 Å². The maximum absolute atomic E-state index is 13.6. The first-order chi connectivity index (χ1) is 14.6. The van der Waals surface area contributed by atoms with E-state index in [1.165, 1.54) is 37.3 Å². The van der Waals surface area contributed by atoms with Gasteiger partial charge in [-0.15, -0.1) is 0 Å². The lowest BCUT2D eigenvalue weighted by molar-refractivity contribution is -0.140. The molecule has 2 atom stereocenters. The number of carbonyl (C=O) groups excluding carboxylic acids is 1. The lowest BCUT2D eigenvalue weighted by atomic mass is 9.97. The topological polar surface area (TPSA) is 144 Å². The number of carbonyl (C=O) groups is 3. The SMILES string of the molecule is CC(C(=O)O)C(=O)c1ccc(-c2ccc(F)cc2F)cc1.NCCCC[C@H](N)C(=O)O. The van der Waals surface area contributed by atoms with Crippen LogP contribution in [-0.4, -0.2) is 40.5 Å². The fourth-order valence-electron chi connectivity index (χ4n) is 2.53. The third kappa shape index (κ3) is 8.23. The number of benzene rings is 2. The monoisotopic (exact) mass is 436 g/mol. The molecule has 0 amide bonds. The molecule has 0 heterocycles. The summed E-state index contributed by atoms with van der Waals surface area (Å²) in [5.41, 5.74) is 11.3. The van der Waals surface area contributed by atoms with Crippen molar-refractivity contribution in [2.75, 3.05) is 6.54 Å². The second-order valence-corrected chi connectivity index (χ2v) is 6.85. The lowest BCUT2D eigenvalue weighted by Gasteiger charge is -2.07. The van der Waals surface area contributed by atoms with Crippen LogP contribution in [0, 0.1) is 17.6 Å². The Morgan fingerprint density at radius 3 is 2.06 bits per heavy atom. The first kappa shape index (κ1) is 25.9. The number of nitrogens with two attached hydrogens (primary N) is 2. The van der Waals surface area contributed by atoms with Crippen molar-refractivity contribution in [1.82, 2.24) is 0 Å². The minimum absolute atomic E-state index is 0.210. The van der Waals surface area contributed by atoms with Gasteiger partial charge < -0.3 is 21.7 Å². The van der Waals surface area contributed by atoms with Gasteiger partial charge in [0.25, 0.3) is 0 Å². The second-order valence-electron chi connectivity index (χ2n) is 6.85. The van der Waals surface area contributed by atoms with Gasteiger partial charge in [0.2, 0.25) is 0 Å². The molecule has 0 aliphatic heterocycles. The van der Waals surface area contributed by atoms with Gasteiger partial charge in [-0.25, -0.2) is 8.78 Å². The molecule has 0 radical (unpaired) electrons. The summed E-state index contributed by atoms with van der Waals surface area (Å²) in [4.78, 5) is 32.8. The Balaban J connectivity index is 0.000000407. The van der Waals surface area contributed by atoms with E-state index >= 15 is 0 Å². The average Bonchev–Trinajstić information content (AvgIpc) is 2.73. The summed E-state index contributed by atoms with van der Waals surface area (Å²) >= 11 is 0. The van der Waals surface area contributed by atoms with Crippen molar-refractivity contribution >= 4 is 17.7 Å². The van der Waals surface area contributed by atoms with Crippen LogP contribution in [0.25, 0.3) is 11.1 Å². The standard InChI is InChI=1S/C16H12F2O3.C6H14N2O2/c1-9(16(20)21)15(19)11-4-2-10(3-5-11)13-7-6-12(17)8-14(13)18;7-4-2-1-3-5(8)6(9)10/h2-9H,1H3,(H,20,21);5H,1-4,7-8H2,(H,9,10)/t;5-/m.0/s1. The molecule has 0 bridgehead atoms. The molecule has 0 saturated heterocycles. The Hall–Kier alpha value is -3.17. The van der Waals surface area contributed by atoms with Crippen LogP contribution in [0.3, 0.4) is 0 Å². The predicted octanol–water partition coefficient (Wildman–Crippen LogP) is 3.06. The van der Waals surface area contributed by atoms with Gasteiger partial charge in [0.15, 0.2) is 5.78 Å². The summed E-state index contributed by atoms with van der Waals surface area (Å²) in [5, 5.41) is 17.1. The number of Topliss-reactive ketones (excluding diaryl/α,β-unsaturated/α-hetero) is 1. The largest absolute Gasteiger partial charge is 0.481 e. The van der Waals surface area contributed by atoms with Crippen LogP contribution in [0.4, 0.5) is 8.78 Å². The molecule has 31 heavy (non-hydrogen) atoms. The van der Waals surface area contributed by atoms with E-state index in [0.29, 0.717) is 18.5 Å². The van der Waals surface area contributed by atoms with E-state index in [-0.39, 0.29) is 11.1 Å². The second kappa shape index (κ2) is 12.5. The molecule has 0 aliphatic carbocycles. The molecule has 2 rings (SSSR count). The molecular formula is C22H26F2N2O5. The van der Waals surface area contributed by atoms with E-state index < -0.39 is 41.3 Å². The molecule has 168 valence electrons. The predicted molar refractivity (Wildman–Crippen MR) is 111 cm³/mol. The fraction of sp³-hybridized carbons (Fsp3) is 0.318. The zero-order valence-corrected chi connectivity index (χ0v) is 17.1. The zero-order valence-electron chi connectivity index (χ0n) is 17.1. The number of aliphatic carboxylic acids is 2. The van der Waals surface area contributed by atoms with Crippen LogP contribution in [0.1, 0.15) is 36.5 Å². The van der Waals surface area contributed by atoms with Crippen LogP contribution in [0.5, 0.6) is 0 Å². The molecule has 6 N–H and O–H groups in total. The van der Waals surface area contributed by atoms with Gasteiger partial charge in [-0.1, -0.05) is 30.7 Å². The number of hydrogen-bond acceptors (Lipinski definition) is 5.